The van der Waals surface area contributed by atoms with Gasteiger partial charge in [0.1, 0.15) is 11.1 Å². The van der Waals surface area contributed by atoms with Crippen molar-refractivity contribution >= 4 is 22.0 Å². The normalized spacial score (nSPS) is 14.2. The van der Waals surface area contributed by atoms with Gasteiger partial charge >= 0.3 is 6.09 Å². The van der Waals surface area contributed by atoms with E-state index in [0.29, 0.717) is 0 Å². The van der Waals surface area contributed by atoms with Gasteiger partial charge in [0.05, 0.1) is 23.3 Å². The van der Waals surface area contributed by atoms with Crippen molar-refractivity contribution in [2.45, 2.75) is 45.4 Å². The van der Waals surface area contributed by atoms with Crippen molar-refractivity contribution < 1.29 is 9.53 Å². The highest BCUT2D eigenvalue weighted by Gasteiger charge is 2.36. The van der Waals surface area contributed by atoms with Crippen LogP contribution < -0.4 is 0 Å². The lowest BCUT2D eigenvalue weighted by Crippen LogP contribution is -2.50. The van der Waals surface area contributed by atoms with E-state index in [4.69, 9.17) is 4.74 Å². The van der Waals surface area contributed by atoms with E-state index in [1.165, 1.54) is 4.90 Å². The Morgan fingerprint density at radius 2 is 2.15 bits per heavy atom. The number of rotatable bonds is 3. The molecule has 1 heterocycles. The number of hydrogen-bond acceptors (Lipinski definition) is 4. The monoisotopic (exact) mass is 342 g/mol. The SMILES string of the molecule is CN(C(=O)OC(C)(C)C)C(C)(C#N)Cn1cc(Br)cn1. The first-order chi connectivity index (χ1) is 9.07. The van der Waals surface area contributed by atoms with Gasteiger partial charge < -0.3 is 4.74 Å². The number of nitrogens with zero attached hydrogens (tertiary/aromatic N) is 4. The first-order valence-corrected chi connectivity index (χ1v) is 6.93. The van der Waals surface area contributed by atoms with Crippen molar-refractivity contribution in [3.8, 4) is 6.07 Å². The summed E-state index contributed by atoms with van der Waals surface area (Å²) in [6.45, 7) is 7.28. The van der Waals surface area contributed by atoms with Crippen LogP contribution in [-0.2, 0) is 11.3 Å². The van der Waals surface area contributed by atoms with Crippen molar-refractivity contribution in [3.05, 3.63) is 16.9 Å². The number of likely N-dealkylation sites (N-methyl/N-ethyl adjacent to an activating group) is 1. The number of halogens is 1. The predicted molar refractivity (Wildman–Crippen MR) is 77.9 cm³/mol. The molecule has 0 aromatic carbocycles. The van der Waals surface area contributed by atoms with Gasteiger partial charge in [-0.3, -0.25) is 9.58 Å². The molecule has 0 fully saturated rings. The van der Waals surface area contributed by atoms with Crippen LogP contribution in [0.15, 0.2) is 16.9 Å². The van der Waals surface area contributed by atoms with Crippen LogP contribution in [0.2, 0.25) is 0 Å². The van der Waals surface area contributed by atoms with Crippen LogP contribution in [0.4, 0.5) is 4.79 Å². The summed E-state index contributed by atoms with van der Waals surface area (Å²) in [6, 6.07) is 2.15. The van der Waals surface area contributed by atoms with E-state index < -0.39 is 17.2 Å². The maximum absolute atomic E-state index is 12.1. The van der Waals surface area contributed by atoms with Gasteiger partial charge in [0.25, 0.3) is 0 Å². The molecule has 0 aliphatic rings. The Bertz CT molecular complexity index is 529. The third-order valence-corrected chi connectivity index (χ3v) is 3.13. The maximum Gasteiger partial charge on any atom is 0.411 e. The summed E-state index contributed by atoms with van der Waals surface area (Å²) in [5, 5.41) is 13.5. The minimum Gasteiger partial charge on any atom is -0.444 e. The summed E-state index contributed by atoms with van der Waals surface area (Å²) < 4.78 is 7.71. The van der Waals surface area contributed by atoms with Crippen LogP contribution in [0.5, 0.6) is 0 Å². The summed E-state index contributed by atoms with van der Waals surface area (Å²) in [6.07, 6.45) is 2.84. The topological polar surface area (TPSA) is 71.2 Å². The van der Waals surface area contributed by atoms with Crippen molar-refractivity contribution in [2.24, 2.45) is 0 Å². The van der Waals surface area contributed by atoms with Gasteiger partial charge in [0, 0.05) is 13.2 Å². The number of ether oxygens (including phenoxy) is 1. The van der Waals surface area contributed by atoms with Crippen molar-refractivity contribution in [1.29, 1.82) is 5.26 Å². The van der Waals surface area contributed by atoms with Crippen LogP contribution in [0, 0.1) is 11.3 Å². The quantitative estimate of drug-likeness (QED) is 0.846. The molecule has 0 aliphatic heterocycles. The van der Waals surface area contributed by atoms with E-state index in [0.717, 1.165) is 4.47 Å². The number of carbonyl (C=O) groups is 1. The average molecular weight is 343 g/mol. The Hall–Kier alpha value is -1.55. The highest BCUT2D eigenvalue weighted by Crippen LogP contribution is 2.19. The number of nitriles is 1. The zero-order valence-electron chi connectivity index (χ0n) is 12.3. The molecule has 0 bridgehead atoms. The molecule has 0 aliphatic carbocycles. The van der Waals surface area contributed by atoms with Gasteiger partial charge in [-0.2, -0.15) is 10.4 Å². The Morgan fingerprint density at radius 3 is 2.55 bits per heavy atom. The Morgan fingerprint density at radius 1 is 1.55 bits per heavy atom. The summed E-state index contributed by atoms with van der Waals surface area (Å²) in [7, 11) is 1.55. The van der Waals surface area contributed by atoms with Crippen molar-refractivity contribution in [3.63, 3.8) is 0 Å². The molecule has 6 nitrogen and oxygen atoms in total. The fourth-order valence-corrected chi connectivity index (χ4v) is 1.82. The summed E-state index contributed by atoms with van der Waals surface area (Å²) in [5.74, 6) is 0. The summed E-state index contributed by atoms with van der Waals surface area (Å²) >= 11 is 3.30. The molecule has 1 atom stereocenters. The average Bonchev–Trinajstić information content (AvgIpc) is 2.71. The van der Waals surface area contributed by atoms with Gasteiger partial charge in [-0.05, 0) is 43.6 Å². The predicted octanol–water partition coefficient (Wildman–Crippen LogP) is 2.79. The fourth-order valence-electron chi connectivity index (χ4n) is 1.49. The van der Waals surface area contributed by atoms with E-state index in [-0.39, 0.29) is 6.54 Å². The smallest absolute Gasteiger partial charge is 0.411 e. The molecule has 1 unspecified atom stereocenters. The van der Waals surface area contributed by atoms with E-state index in [1.54, 1.807) is 51.8 Å². The van der Waals surface area contributed by atoms with Gasteiger partial charge in [-0.15, -0.1) is 0 Å². The third-order valence-electron chi connectivity index (χ3n) is 2.72. The first-order valence-electron chi connectivity index (χ1n) is 6.13. The lowest BCUT2D eigenvalue weighted by atomic mass is 10.0. The molecular formula is C13H19BrN4O2. The van der Waals surface area contributed by atoms with Crippen LogP contribution in [0.25, 0.3) is 0 Å². The lowest BCUT2D eigenvalue weighted by Gasteiger charge is -2.34. The highest BCUT2D eigenvalue weighted by atomic mass is 79.9. The van der Waals surface area contributed by atoms with Gasteiger partial charge in [0.15, 0.2) is 0 Å². The van der Waals surface area contributed by atoms with E-state index in [9.17, 15) is 10.1 Å². The second kappa shape index (κ2) is 5.83. The third kappa shape index (κ3) is 4.23. The molecular weight excluding hydrogens is 324 g/mol. The number of aromatic nitrogens is 2. The molecule has 1 rings (SSSR count). The van der Waals surface area contributed by atoms with Crippen molar-refractivity contribution in [1.82, 2.24) is 14.7 Å². The summed E-state index contributed by atoms with van der Waals surface area (Å²) in [5.41, 5.74) is -1.65. The zero-order chi connectivity index (χ0) is 15.6. The number of hydrogen-bond donors (Lipinski definition) is 0. The molecule has 0 saturated heterocycles. The van der Waals surface area contributed by atoms with Gasteiger partial charge in [-0.25, -0.2) is 4.79 Å². The van der Waals surface area contributed by atoms with Crippen molar-refractivity contribution in [2.75, 3.05) is 7.05 Å². The largest absolute Gasteiger partial charge is 0.444 e. The van der Waals surface area contributed by atoms with E-state index in [2.05, 4.69) is 27.1 Å². The minimum absolute atomic E-state index is 0.255. The second-order valence-electron chi connectivity index (χ2n) is 5.78. The number of carbonyl (C=O) groups excluding carboxylic acids is 1. The molecule has 0 radical (unpaired) electrons. The Balaban J connectivity index is 2.87. The maximum atomic E-state index is 12.1. The highest BCUT2D eigenvalue weighted by molar-refractivity contribution is 9.10. The first kappa shape index (κ1) is 16.5. The molecule has 20 heavy (non-hydrogen) atoms. The fraction of sp³-hybridized carbons (Fsp3) is 0.615. The number of amides is 1. The molecule has 0 saturated carbocycles. The summed E-state index contributed by atoms with van der Waals surface area (Å²) in [4.78, 5) is 13.4. The molecule has 1 amide bonds. The van der Waals surface area contributed by atoms with Crippen LogP contribution >= 0.6 is 15.9 Å². The molecule has 0 spiro atoms. The molecule has 1 aromatic rings. The van der Waals surface area contributed by atoms with E-state index in [1.807, 2.05) is 0 Å². The van der Waals surface area contributed by atoms with Gasteiger partial charge in [-0.1, -0.05) is 0 Å². The van der Waals surface area contributed by atoms with Crippen LogP contribution in [0.1, 0.15) is 27.7 Å². The molecule has 110 valence electrons. The van der Waals surface area contributed by atoms with Gasteiger partial charge in [0.2, 0.25) is 0 Å². The second-order valence-corrected chi connectivity index (χ2v) is 6.70. The molecule has 1 aromatic heterocycles. The minimum atomic E-state index is -1.05. The lowest BCUT2D eigenvalue weighted by molar-refractivity contribution is 0.0137. The Labute approximate surface area is 127 Å². The molecule has 7 heteroatoms. The standard InChI is InChI=1S/C13H19BrN4O2/c1-12(2,3)20-11(19)17(5)13(4,8-15)9-18-7-10(14)6-16-18/h6-7H,9H2,1-5H3. The zero-order valence-corrected chi connectivity index (χ0v) is 13.9. The van der Waals surface area contributed by atoms with E-state index >= 15 is 0 Å². The van der Waals surface area contributed by atoms with Crippen LogP contribution in [0.3, 0.4) is 0 Å². The van der Waals surface area contributed by atoms with Crippen LogP contribution in [-0.4, -0.2) is 39.0 Å². The Kier molecular flexibility index (Phi) is 4.81. The molecule has 0 N–H and O–H groups in total.